The molecule has 2 aromatic rings. The highest BCUT2D eigenvalue weighted by Crippen LogP contribution is 2.18. The van der Waals surface area contributed by atoms with E-state index in [0.717, 1.165) is 16.6 Å². The van der Waals surface area contributed by atoms with Gasteiger partial charge in [0.1, 0.15) is 0 Å². The van der Waals surface area contributed by atoms with Gasteiger partial charge in [0.15, 0.2) is 5.84 Å². The molecule has 0 fully saturated rings. The van der Waals surface area contributed by atoms with E-state index in [0.29, 0.717) is 17.1 Å². The zero-order valence-electron chi connectivity index (χ0n) is 11.2. The average Bonchev–Trinajstić information content (AvgIpc) is 2.50. The maximum atomic E-state index is 8.64. The second kappa shape index (κ2) is 7.45. The van der Waals surface area contributed by atoms with E-state index in [-0.39, 0.29) is 5.84 Å². The molecule has 0 saturated carbocycles. The summed E-state index contributed by atoms with van der Waals surface area (Å²) in [6, 6.07) is 13.5. The Morgan fingerprint density at radius 3 is 2.52 bits per heavy atom. The number of rotatable bonds is 5. The summed E-state index contributed by atoms with van der Waals surface area (Å²) in [5, 5.41) is 15.5. The van der Waals surface area contributed by atoms with Crippen LogP contribution >= 0.6 is 27.5 Å². The molecule has 0 spiro atoms. The smallest absolute Gasteiger partial charge is 0.170 e. The summed E-state index contributed by atoms with van der Waals surface area (Å²) in [5.41, 5.74) is 8.28. The van der Waals surface area contributed by atoms with Gasteiger partial charge in [0.25, 0.3) is 0 Å². The molecule has 0 bridgehead atoms. The first-order chi connectivity index (χ1) is 10.1. The van der Waals surface area contributed by atoms with Crippen LogP contribution in [0.5, 0.6) is 0 Å². The van der Waals surface area contributed by atoms with Gasteiger partial charge in [-0.2, -0.15) is 0 Å². The van der Waals surface area contributed by atoms with Crippen LogP contribution in [0.2, 0.25) is 5.02 Å². The first-order valence-electron chi connectivity index (χ1n) is 6.31. The van der Waals surface area contributed by atoms with Crippen LogP contribution in [-0.4, -0.2) is 11.0 Å². The highest BCUT2D eigenvalue weighted by Gasteiger charge is 2.05. The standard InChI is InChI=1S/C15H15BrClN3O/c16-13-5-1-10(2-6-13)8-19-9-12-4-3-11(7-14(12)17)15(18)20-21/h1-7,19,21H,8-9H2,(H2,18,20). The van der Waals surface area contributed by atoms with Crippen LogP contribution in [0.4, 0.5) is 0 Å². The lowest BCUT2D eigenvalue weighted by Crippen LogP contribution is -2.15. The van der Waals surface area contributed by atoms with Crippen molar-refractivity contribution in [2.24, 2.45) is 10.9 Å². The summed E-state index contributed by atoms with van der Waals surface area (Å²) in [5.74, 6) is 0.0475. The third-order valence-corrected chi connectivity index (χ3v) is 3.89. The quantitative estimate of drug-likeness (QED) is 0.327. The Bertz CT molecular complexity index is 644. The predicted octanol–water partition coefficient (Wildman–Crippen LogP) is 3.49. The van der Waals surface area contributed by atoms with E-state index >= 15 is 0 Å². The molecule has 2 aromatic carbocycles. The number of nitrogens with one attached hydrogen (secondary N) is 1. The average molecular weight is 369 g/mol. The van der Waals surface area contributed by atoms with Gasteiger partial charge in [0.2, 0.25) is 0 Å². The third kappa shape index (κ3) is 4.46. The summed E-state index contributed by atoms with van der Waals surface area (Å²) in [6.45, 7) is 1.40. The summed E-state index contributed by atoms with van der Waals surface area (Å²) >= 11 is 9.60. The zero-order chi connectivity index (χ0) is 15.2. The zero-order valence-corrected chi connectivity index (χ0v) is 13.5. The molecule has 0 amide bonds. The summed E-state index contributed by atoms with van der Waals surface area (Å²) in [6.07, 6.45) is 0. The molecule has 0 heterocycles. The molecule has 4 nitrogen and oxygen atoms in total. The van der Waals surface area contributed by atoms with Crippen molar-refractivity contribution < 1.29 is 5.21 Å². The van der Waals surface area contributed by atoms with Gasteiger partial charge in [-0.1, -0.05) is 57.0 Å². The van der Waals surface area contributed by atoms with Gasteiger partial charge in [0.05, 0.1) is 0 Å². The molecule has 21 heavy (non-hydrogen) atoms. The van der Waals surface area contributed by atoms with E-state index in [1.54, 1.807) is 12.1 Å². The van der Waals surface area contributed by atoms with Crippen molar-refractivity contribution in [2.75, 3.05) is 0 Å². The molecule has 4 N–H and O–H groups in total. The van der Waals surface area contributed by atoms with Crippen molar-refractivity contribution in [3.05, 3.63) is 68.7 Å². The maximum Gasteiger partial charge on any atom is 0.170 e. The fourth-order valence-electron chi connectivity index (χ4n) is 1.85. The van der Waals surface area contributed by atoms with E-state index in [1.165, 1.54) is 5.56 Å². The summed E-state index contributed by atoms with van der Waals surface area (Å²) in [7, 11) is 0. The van der Waals surface area contributed by atoms with E-state index in [9.17, 15) is 0 Å². The van der Waals surface area contributed by atoms with Crippen molar-refractivity contribution in [3.8, 4) is 0 Å². The number of nitrogens with zero attached hydrogens (tertiary/aromatic N) is 1. The lowest BCUT2D eigenvalue weighted by Gasteiger charge is -2.08. The van der Waals surface area contributed by atoms with Gasteiger partial charge >= 0.3 is 0 Å². The first-order valence-corrected chi connectivity index (χ1v) is 7.48. The van der Waals surface area contributed by atoms with Crippen molar-refractivity contribution in [1.82, 2.24) is 5.32 Å². The molecular weight excluding hydrogens is 354 g/mol. The van der Waals surface area contributed by atoms with E-state index in [2.05, 4.69) is 38.5 Å². The van der Waals surface area contributed by atoms with Crippen LogP contribution in [0.25, 0.3) is 0 Å². The molecule has 0 aromatic heterocycles. The fraction of sp³-hybridized carbons (Fsp3) is 0.133. The first kappa shape index (κ1) is 15.8. The lowest BCUT2D eigenvalue weighted by atomic mass is 10.1. The molecule has 2 rings (SSSR count). The number of halogens is 2. The van der Waals surface area contributed by atoms with E-state index in [4.69, 9.17) is 22.5 Å². The molecule has 0 aliphatic heterocycles. The van der Waals surface area contributed by atoms with Gasteiger partial charge in [0, 0.05) is 28.1 Å². The van der Waals surface area contributed by atoms with Crippen LogP contribution < -0.4 is 11.1 Å². The van der Waals surface area contributed by atoms with Crippen LogP contribution in [0.3, 0.4) is 0 Å². The maximum absolute atomic E-state index is 8.64. The molecule has 0 saturated heterocycles. The second-order valence-electron chi connectivity index (χ2n) is 4.52. The Morgan fingerprint density at radius 2 is 1.90 bits per heavy atom. The van der Waals surface area contributed by atoms with Gasteiger partial charge in [-0.3, -0.25) is 0 Å². The van der Waals surface area contributed by atoms with Crippen molar-refractivity contribution >= 4 is 33.4 Å². The molecule has 0 aliphatic rings. The number of amidine groups is 1. The minimum atomic E-state index is 0.0475. The number of benzene rings is 2. The normalized spacial score (nSPS) is 11.6. The Kier molecular flexibility index (Phi) is 5.61. The van der Waals surface area contributed by atoms with E-state index in [1.807, 2.05) is 18.2 Å². The molecule has 0 radical (unpaired) electrons. The monoisotopic (exact) mass is 367 g/mol. The Morgan fingerprint density at radius 1 is 1.19 bits per heavy atom. The number of hydrogen-bond donors (Lipinski definition) is 3. The SMILES string of the molecule is N/C(=N/O)c1ccc(CNCc2ccc(Br)cc2)c(Cl)c1. The highest BCUT2D eigenvalue weighted by atomic mass is 79.9. The Hall–Kier alpha value is -1.56. The topological polar surface area (TPSA) is 70.6 Å². The minimum absolute atomic E-state index is 0.0475. The number of hydrogen-bond acceptors (Lipinski definition) is 3. The third-order valence-electron chi connectivity index (χ3n) is 3.01. The molecule has 0 atom stereocenters. The molecule has 6 heteroatoms. The van der Waals surface area contributed by atoms with Gasteiger partial charge < -0.3 is 16.3 Å². The van der Waals surface area contributed by atoms with Crippen LogP contribution in [0, 0.1) is 0 Å². The fourth-order valence-corrected chi connectivity index (χ4v) is 2.36. The molecule has 0 aliphatic carbocycles. The van der Waals surface area contributed by atoms with Gasteiger partial charge in [-0.25, -0.2) is 0 Å². The highest BCUT2D eigenvalue weighted by molar-refractivity contribution is 9.10. The van der Waals surface area contributed by atoms with Crippen molar-refractivity contribution in [2.45, 2.75) is 13.1 Å². The van der Waals surface area contributed by atoms with Crippen LogP contribution in [-0.2, 0) is 13.1 Å². The Labute approximate surface area is 136 Å². The largest absolute Gasteiger partial charge is 0.409 e. The van der Waals surface area contributed by atoms with Gasteiger partial charge in [-0.15, -0.1) is 0 Å². The van der Waals surface area contributed by atoms with Crippen molar-refractivity contribution in [3.63, 3.8) is 0 Å². The minimum Gasteiger partial charge on any atom is -0.409 e. The second-order valence-corrected chi connectivity index (χ2v) is 5.84. The number of oxime groups is 1. The molecule has 0 unspecified atom stereocenters. The summed E-state index contributed by atoms with van der Waals surface area (Å²) in [4.78, 5) is 0. The molecule has 110 valence electrons. The van der Waals surface area contributed by atoms with Crippen LogP contribution in [0.15, 0.2) is 52.1 Å². The van der Waals surface area contributed by atoms with Gasteiger partial charge in [-0.05, 0) is 29.3 Å². The predicted molar refractivity (Wildman–Crippen MR) is 88.6 cm³/mol. The Balaban J connectivity index is 1.96. The van der Waals surface area contributed by atoms with Crippen molar-refractivity contribution in [1.29, 1.82) is 0 Å². The van der Waals surface area contributed by atoms with Crippen LogP contribution in [0.1, 0.15) is 16.7 Å². The summed E-state index contributed by atoms with van der Waals surface area (Å²) < 4.78 is 1.06. The van der Waals surface area contributed by atoms with E-state index < -0.39 is 0 Å². The molecular formula is C15H15BrClN3O. The number of nitrogens with two attached hydrogens (primary N) is 1. The lowest BCUT2D eigenvalue weighted by molar-refractivity contribution is 0.318.